The number of amides is 1. The van der Waals surface area contributed by atoms with Gasteiger partial charge in [-0.1, -0.05) is 24.3 Å². The summed E-state index contributed by atoms with van der Waals surface area (Å²) in [5.74, 6) is -1.77. The van der Waals surface area contributed by atoms with E-state index in [-0.39, 0.29) is 23.5 Å². The van der Waals surface area contributed by atoms with Crippen molar-refractivity contribution < 1.29 is 13.6 Å². The van der Waals surface area contributed by atoms with Gasteiger partial charge in [-0.25, -0.2) is 13.5 Å². The number of nitrogens with one attached hydrogen (secondary N) is 1. The van der Waals surface area contributed by atoms with E-state index in [2.05, 4.69) is 10.4 Å². The molecule has 1 N–H and O–H groups in total. The molecular weight excluding hydrogens is 340 g/mol. The zero-order valence-corrected chi connectivity index (χ0v) is 14.3. The standard InChI is InChI=1S/C19H17F2N3O2/c1-11(13-8-7-12(20)9-16(13)21)22-18(25)10-17-14-5-3-4-6-15(14)19(26)24(2)23-17/h3-9,11H,10H2,1-2H3,(H,22,25). The van der Waals surface area contributed by atoms with Crippen molar-refractivity contribution in [1.29, 1.82) is 0 Å². The number of halogens is 2. The maximum Gasteiger partial charge on any atom is 0.274 e. The summed E-state index contributed by atoms with van der Waals surface area (Å²) in [7, 11) is 1.52. The summed E-state index contributed by atoms with van der Waals surface area (Å²) in [6, 6.07) is 9.50. The summed E-state index contributed by atoms with van der Waals surface area (Å²) in [6.45, 7) is 1.61. The molecule has 1 aromatic heterocycles. The Hall–Kier alpha value is -3.09. The highest BCUT2D eigenvalue weighted by Gasteiger charge is 2.17. The van der Waals surface area contributed by atoms with Gasteiger partial charge in [0.25, 0.3) is 5.56 Å². The van der Waals surface area contributed by atoms with Gasteiger partial charge in [0.15, 0.2) is 0 Å². The van der Waals surface area contributed by atoms with E-state index in [9.17, 15) is 18.4 Å². The Bertz CT molecular complexity index is 1050. The minimum absolute atomic E-state index is 0.0677. The highest BCUT2D eigenvalue weighted by molar-refractivity contribution is 5.88. The molecule has 134 valence electrons. The van der Waals surface area contributed by atoms with Gasteiger partial charge in [0.2, 0.25) is 5.91 Å². The van der Waals surface area contributed by atoms with Gasteiger partial charge in [-0.05, 0) is 19.1 Å². The number of carbonyl (C=O) groups is 1. The molecule has 0 fully saturated rings. The molecule has 1 atom stereocenters. The quantitative estimate of drug-likeness (QED) is 0.781. The van der Waals surface area contributed by atoms with Crippen LogP contribution in [-0.2, 0) is 18.3 Å². The van der Waals surface area contributed by atoms with E-state index < -0.39 is 17.7 Å². The third-order valence-corrected chi connectivity index (χ3v) is 4.17. The fourth-order valence-corrected chi connectivity index (χ4v) is 2.88. The van der Waals surface area contributed by atoms with Crippen LogP contribution in [0.15, 0.2) is 47.3 Å². The van der Waals surface area contributed by atoms with Crippen molar-refractivity contribution in [3.63, 3.8) is 0 Å². The maximum absolute atomic E-state index is 13.8. The fourth-order valence-electron chi connectivity index (χ4n) is 2.88. The number of hydrogen-bond acceptors (Lipinski definition) is 3. The van der Waals surface area contributed by atoms with E-state index in [1.165, 1.54) is 17.8 Å². The first-order chi connectivity index (χ1) is 12.4. The molecule has 5 nitrogen and oxygen atoms in total. The van der Waals surface area contributed by atoms with E-state index in [1.807, 2.05) is 0 Å². The van der Waals surface area contributed by atoms with Crippen molar-refractivity contribution in [2.75, 3.05) is 0 Å². The maximum atomic E-state index is 13.8. The van der Waals surface area contributed by atoms with Crippen LogP contribution in [0.4, 0.5) is 8.78 Å². The fraction of sp³-hybridized carbons (Fsp3) is 0.211. The minimum Gasteiger partial charge on any atom is -0.349 e. The summed E-state index contributed by atoms with van der Waals surface area (Å²) in [5, 5.41) is 7.93. The number of nitrogens with zero attached hydrogens (tertiary/aromatic N) is 2. The molecular formula is C19H17F2N3O2. The SMILES string of the molecule is CC(NC(=O)Cc1nn(C)c(=O)c2ccccc12)c1ccc(F)cc1F. The lowest BCUT2D eigenvalue weighted by Gasteiger charge is -2.15. The first kappa shape index (κ1) is 17.7. The molecule has 1 amide bonds. The predicted molar refractivity (Wildman–Crippen MR) is 93.6 cm³/mol. The average molecular weight is 357 g/mol. The van der Waals surface area contributed by atoms with Crippen LogP contribution in [0, 0.1) is 11.6 Å². The lowest BCUT2D eigenvalue weighted by Crippen LogP contribution is -2.30. The Labute approximate surface area is 148 Å². The Balaban J connectivity index is 1.83. The van der Waals surface area contributed by atoms with Crippen molar-refractivity contribution in [3.05, 3.63) is 75.7 Å². The summed E-state index contributed by atoms with van der Waals surface area (Å²) in [5.41, 5.74) is 0.400. The summed E-state index contributed by atoms with van der Waals surface area (Å²) in [4.78, 5) is 24.5. The van der Waals surface area contributed by atoms with E-state index in [1.54, 1.807) is 31.2 Å². The highest BCUT2D eigenvalue weighted by Crippen LogP contribution is 2.18. The second kappa shape index (κ2) is 7.03. The number of aromatic nitrogens is 2. The molecule has 7 heteroatoms. The van der Waals surface area contributed by atoms with Gasteiger partial charge in [-0.15, -0.1) is 0 Å². The molecule has 2 aromatic carbocycles. The molecule has 0 saturated heterocycles. The third kappa shape index (κ3) is 3.46. The van der Waals surface area contributed by atoms with Gasteiger partial charge in [0.05, 0.1) is 23.5 Å². The van der Waals surface area contributed by atoms with Crippen molar-refractivity contribution in [2.24, 2.45) is 7.05 Å². The van der Waals surface area contributed by atoms with E-state index in [0.29, 0.717) is 16.5 Å². The largest absolute Gasteiger partial charge is 0.349 e. The predicted octanol–water partition coefficient (Wildman–Crippen LogP) is 2.63. The Morgan fingerprint density at radius 2 is 1.88 bits per heavy atom. The Kier molecular flexibility index (Phi) is 4.79. The van der Waals surface area contributed by atoms with Gasteiger partial charge < -0.3 is 5.32 Å². The molecule has 26 heavy (non-hydrogen) atoms. The van der Waals surface area contributed by atoms with Crippen molar-refractivity contribution in [2.45, 2.75) is 19.4 Å². The minimum atomic E-state index is -0.719. The van der Waals surface area contributed by atoms with Crippen LogP contribution in [0.2, 0.25) is 0 Å². The molecule has 3 aromatic rings. The Morgan fingerprint density at radius 1 is 1.19 bits per heavy atom. The number of carbonyl (C=O) groups excluding carboxylic acids is 1. The smallest absolute Gasteiger partial charge is 0.274 e. The van der Waals surface area contributed by atoms with Gasteiger partial charge >= 0.3 is 0 Å². The summed E-state index contributed by atoms with van der Waals surface area (Å²) >= 11 is 0. The van der Waals surface area contributed by atoms with Crippen molar-refractivity contribution in [3.8, 4) is 0 Å². The first-order valence-electron chi connectivity index (χ1n) is 8.06. The molecule has 0 bridgehead atoms. The monoisotopic (exact) mass is 357 g/mol. The lowest BCUT2D eigenvalue weighted by atomic mass is 10.1. The number of hydrogen-bond donors (Lipinski definition) is 1. The zero-order chi connectivity index (χ0) is 18.8. The molecule has 0 spiro atoms. The molecule has 0 aliphatic heterocycles. The molecule has 0 radical (unpaired) electrons. The molecule has 0 saturated carbocycles. The van der Waals surface area contributed by atoms with E-state index >= 15 is 0 Å². The van der Waals surface area contributed by atoms with Crippen LogP contribution in [0.5, 0.6) is 0 Å². The number of rotatable bonds is 4. The molecule has 3 rings (SSSR count). The normalized spacial score (nSPS) is 12.2. The van der Waals surface area contributed by atoms with Crippen LogP contribution in [0.25, 0.3) is 10.8 Å². The molecule has 1 heterocycles. The van der Waals surface area contributed by atoms with Crippen LogP contribution in [0.1, 0.15) is 24.2 Å². The van der Waals surface area contributed by atoms with Crippen molar-refractivity contribution in [1.82, 2.24) is 15.1 Å². The van der Waals surface area contributed by atoms with Gasteiger partial charge in [-0.2, -0.15) is 5.10 Å². The topological polar surface area (TPSA) is 64.0 Å². The third-order valence-electron chi connectivity index (χ3n) is 4.17. The van der Waals surface area contributed by atoms with E-state index in [0.717, 1.165) is 12.1 Å². The van der Waals surface area contributed by atoms with Gasteiger partial charge in [-0.3, -0.25) is 9.59 Å². The summed E-state index contributed by atoms with van der Waals surface area (Å²) in [6.07, 6.45) is -0.0677. The number of benzene rings is 2. The average Bonchev–Trinajstić information content (AvgIpc) is 2.59. The van der Waals surface area contributed by atoms with Crippen LogP contribution < -0.4 is 10.9 Å². The van der Waals surface area contributed by atoms with Gasteiger partial charge in [0, 0.05) is 24.1 Å². The molecule has 0 aliphatic rings. The van der Waals surface area contributed by atoms with E-state index in [4.69, 9.17) is 0 Å². The summed E-state index contributed by atoms with van der Waals surface area (Å²) < 4.78 is 28.0. The van der Waals surface area contributed by atoms with Crippen LogP contribution in [-0.4, -0.2) is 15.7 Å². The zero-order valence-electron chi connectivity index (χ0n) is 14.3. The second-order valence-electron chi connectivity index (χ2n) is 6.05. The first-order valence-corrected chi connectivity index (χ1v) is 8.06. The second-order valence-corrected chi connectivity index (χ2v) is 6.05. The highest BCUT2D eigenvalue weighted by atomic mass is 19.1. The van der Waals surface area contributed by atoms with Crippen LogP contribution in [0.3, 0.4) is 0 Å². The molecule has 1 unspecified atom stereocenters. The van der Waals surface area contributed by atoms with Crippen LogP contribution >= 0.6 is 0 Å². The van der Waals surface area contributed by atoms with Crippen molar-refractivity contribution >= 4 is 16.7 Å². The number of aryl methyl sites for hydroxylation is 1. The number of fused-ring (bicyclic) bond motifs is 1. The molecule has 0 aliphatic carbocycles. The lowest BCUT2D eigenvalue weighted by molar-refractivity contribution is -0.121. The van der Waals surface area contributed by atoms with Gasteiger partial charge in [0.1, 0.15) is 11.6 Å². The Morgan fingerprint density at radius 3 is 2.58 bits per heavy atom.